The molecule has 15 heavy (non-hydrogen) atoms. The summed E-state index contributed by atoms with van der Waals surface area (Å²) in [4.78, 5) is 10.6. The van der Waals surface area contributed by atoms with Crippen LogP contribution in [0, 0.1) is 0 Å². The van der Waals surface area contributed by atoms with Crippen molar-refractivity contribution in [1.82, 2.24) is 10.9 Å². The summed E-state index contributed by atoms with van der Waals surface area (Å²) in [6.07, 6.45) is -7.76. The van der Waals surface area contributed by atoms with E-state index in [-0.39, 0.29) is 0 Å². The zero-order valence-electron chi connectivity index (χ0n) is 8.55. The fourth-order valence-corrected chi connectivity index (χ4v) is 0.804. The van der Waals surface area contributed by atoms with E-state index in [1.165, 1.54) is 0 Å². The lowest BCUT2D eigenvalue weighted by molar-refractivity contribution is -0.942. The van der Waals surface area contributed by atoms with Gasteiger partial charge in [-0.1, -0.05) is 0 Å². The molecule has 90 valence electrons. The minimum Gasteiger partial charge on any atom is -0.452 e. The van der Waals surface area contributed by atoms with E-state index in [9.17, 15) is 18.0 Å². The molecular formula is C6H14F3N4O2+. The molecule has 0 saturated carbocycles. The molecule has 0 aromatic rings. The number of quaternary nitrogens is 1. The molecule has 0 aromatic carbocycles. The number of carbonyl (C=O) groups is 1. The van der Waals surface area contributed by atoms with Crippen molar-refractivity contribution in [2.45, 2.75) is 12.3 Å². The number of nitrogens with zero attached hydrogens (tertiary/aromatic N) is 1. The van der Waals surface area contributed by atoms with Crippen molar-refractivity contribution < 1.29 is 27.3 Å². The standard InChI is InChI=1S/C6H13F3N4O2/c1-13(2,10)4(6(7,8)9)11-12-5(14)15-3/h4,11H,10H2,1-3H3/p+1. The summed E-state index contributed by atoms with van der Waals surface area (Å²) in [5.74, 6) is 5.26. The van der Waals surface area contributed by atoms with Gasteiger partial charge in [-0.2, -0.15) is 24.4 Å². The first-order valence-electron chi connectivity index (χ1n) is 3.87. The molecule has 0 heterocycles. The minimum absolute atomic E-state index is 0.923. The molecule has 4 N–H and O–H groups in total. The molecular weight excluding hydrogens is 217 g/mol. The van der Waals surface area contributed by atoms with Crippen LogP contribution >= 0.6 is 0 Å². The van der Waals surface area contributed by atoms with Crippen molar-refractivity contribution in [2.24, 2.45) is 5.84 Å². The number of alkyl halides is 3. The molecule has 6 nitrogen and oxygen atoms in total. The number of nitrogens with one attached hydrogen (secondary N) is 2. The summed E-state index contributed by atoms with van der Waals surface area (Å²) < 4.78 is 40.4. The van der Waals surface area contributed by atoms with Crippen molar-refractivity contribution in [3.05, 3.63) is 0 Å². The van der Waals surface area contributed by atoms with E-state index in [4.69, 9.17) is 5.84 Å². The van der Waals surface area contributed by atoms with Crippen molar-refractivity contribution >= 4 is 6.09 Å². The van der Waals surface area contributed by atoms with E-state index in [0.717, 1.165) is 21.2 Å². The Kier molecular flexibility index (Phi) is 4.31. The van der Waals surface area contributed by atoms with Crippen molar-refractivity contribution in [3.63, 3.8) is 0 Å². The fourth-order valence-electron chi connectivity index (χ4n) is 0.804. The first kappa shape index (κ1) is 13.9. The van der Waals surface area contributed by atoms with Crippen LogP contribution < -0.4 is 16.7 Å². The van der Waals surface area contributed by atoms with Gasteiger partial charge in [-0.15, -0.1) is 0 Å². The van der Waals surface area contributed by atoms with E-state index in [1.807, 2.05) is 0 Å². The third-order valence-corrected chi connectivity index (χ3v) is 1.47. The average Bonchev–Trinajstić information content (AvgIpc) is 1.99. The lowest BCUT2D eigenvalue weighted by Gasteiger charge is -2.33. The second kappa shape index (κ2) is 4.64. The Morgan fingerprint density at radius 3 is 2.20 bits per heavy atom. The van der Waals surface area contributed by atoms with E-state index >= 15 is 0 Å². The molecule has 0 spiro atoms. The zero-order chi connectivity index (χ0) is 12.3. The zero-order valence-corrected chi connectivity index (χ0v) is 8.55. The van der Waals surface area contributed by atoms with Crippen LogP contribution in [0.25, 0.3) is 0 Å². The fraction of sp³-hybridized carbons (Fsp3) is 0.833. The van der Waals surface area contributed by atoms with Gasteiger partial charge in [-0.25, -0.2) is 9.39 Å². The van der Waals surface area contributed by atoms with E-state index in [0.29, 0.717) is 0 Å². The van der Waals surface area contributed by atoms with Crippen LogP contribution in [0.5, 0.6) is 0 Å². The van der Waals surface area contributed by atoms with Crippen LogP contribution in [0.2, 0.25) is 0 Å². The Morgan fingerprint density at radius 2 is 1.93 bits per heavy atom. The lowest BCUT2D eigenvalue weighted by Crippen LogP contribution is -2.69. The number of halogens is 3. The number of hydrazine groups is 1. The number of hydrogen-bond acceptors (Lipinski definition) is 4. The number of nitrogens with two attached hydrogens (primary N) is 1. The van der Waals surface area contributed by atoms with Gasteiger partial charge in [-0.3, -0.25) is 5.43 Å². The maximum Gasteiger partial charge on any atom is 0.460 e. The van der Waals surface area contributed by atoms with Gasteiger partial charge in [0.15, 0.2) is 0 Å². The Hall–Kier alpha value is -1.06. The van der Waals surface area contributed by atoms with E-state index in [2.05, 4.69) is 4.74 Å². The van der Waals surface area contributed by atoms with Gasteiger partial charge in [-0.05, 0) is 0 Å². The third kappa shape index (κ3) is 4.81. The van der Waals surface area contributed by atoms with Crippen LogP contribution in [0.4, 0.5) is 18.0 Å². The monoisotopic (exact) mass is 231 g/mol. The van der Waals surface area contributed by atoms with E-state index in [1.54, 1.807) is 10.9 Å². The molecule has 1 unspecified atom stereocenters. The number of rotatable bonds is 3. The summed E-state index contributed by atoms with van der Waals surface area (Å²) >= 11 is 0. The highest BCUT2D eigenvalue weighted by Gasteiger charge is 2.50. The first-order chi connectivity index (χ1) is 6.59. The van der Waals surface area contributed by atoms with Crippen LogP contribution in [0.3, 0.4) is 0 Å². The van der Waals surface area contributed by atoms with Crippen LogP contribution in [0.1, 0.15) is 0 Å². The van der Waals surface area contributed by atoms with Gasteiger partial charge in [0, 0.05) is 0 Å². The van der Waals surface area contributed by atoms with E-state index < -0.39 is 23.0 Å². The van der Waals surface area contributed by atoms with Gasteiger partial charge < -0.3 is 4.74 Å². The molecule has 0 radical (unpaired) electrons. The Balaban J connectivity index is 4.49. The maximum absolute atomic E-state index is 12.4. The molecule has 0 aliphatic carbocycles. The highest BCUT2D eigenvalue weighted by Crippen LogP contribution is 2.22. The van der Waals surface area contributed by atoms with Gasteiger partial charge in [0.25, 0.3) is 6.17 Å². The summed E-state index contributed by atoms with van der Waals surface area (Å²) in [7, 11) is 3.29. The smallest absolute Gasteiger partial charge is 0.452 e. The lowest BCUT2D eigenvalue weighted by atomic mass is 10.4. The molecule has 0 bridgehead atoms. The number of carbonyl (C=O) groups excluding carboxylic acids is 1. The first-order valence-corrected chi connectivity index (χ1v) is 3.87. The summed E-state index contributed by atoms with van der Waals surface area (Å²) in [6.45, 7) is 0. The van der Waals surface area contributed by atoms with Gasteiger partial charge in [0.2, 0.25) is 0 Å². The number of hydrogen-bond donors (Lipinski definition) is 3. The van der Waals surface area contributed by atoms with Gasteiger partial charge in [0.1, 0.15) is 0 Å². The molecule has 1 amide bonds. The topological polar surface area (TPSA) is 76.4 Å². The number of methoxy groups -OCH3 is 1. The van der Waals surface area contributed by atoms with Crippen molar-refractivity contribution in [3.8, 4) is 0 Å². The second-order valence-electron chi connectivity index (χ2n) is 3.33. The second-order valence-corrected chi connectivity index (χ2v) is 3.33. The van der Waals surface area contributed by atoms with Gasteiger partial charge in [0.05, 0.1) is 21.2 Å². The predicted octanol–water partition coefficient (Wildman–Crippen LogP) is -0.314. The molecule has 0 aromatic heterocycles. The molecule has 0 aliphatic rings. The van der Waals surface area contributed by atoms with Crippen molar-refractivity contribution in [1.29, 1.82) is 0 Å². The quantitative estimate of drug-likeness (QED) is 0.269. The highest BCUT2D eigenvalue weighted by atomic mass is 19.4. The normalized spacial score (nSPS) is 14.6. The minimum atomic E-state index is -4.60. The molecule has 0 fully saturated rings. The Bertz CT molecular complexity index is 211. The summed E-state index contributed by atoms with van der Waals surface area (Å²) in [6, 6.07) is 0. The van der Waals surface area contributed by atoms with Crippen molar-refractivity contribution in [2.75, 3.05) is 21.2 Å². The summed E-state index contributed by atoms with van der Waals surface area (Å²) in [5.41, 5.74) is 3.47. The molecule has 0 aliphatic heterocycles. The SMILES string of the molecule is COC(=O)NNC(C(F)(F)F)[N+](C)(C)N. The average molecular weight is 231 g/mol. The molecule has 9 heteroatoms. The van der Waals surface area contributed by atoms with Crippen LogP contribution in [0.15, 0.2) is 0 Å². The highest BCUT2D eigenvalue weighted by molar-refractivity contribution is 5.66. The summed E-state index contributed by atoms with van der Waals surface area (Å²) in [5, 5.41) is 0. The maximum atomic E-state index is 12.4. The molecule has 0 saturated heterocycles. The Morgan fingerprint density at radius 1 is 1.47 bits per heavy atom. The molecule has 0 rings (SSSR count). The predicted molar refractivity (Wildman–Crippen MR) is 44.8 cm³/mol. The van der Waals surface area contributed by atoms with Gasteiger partial charge >= 0.3 is 12.3 Å². The largest absolute Gasteiger partial charge is 0.460 e. The van der Waals surface area contributed by atoms with Crippen LogP contribution in [-0.4, -0.2) is 44.2 Å². The molecule has 1 atom stereocenters. The number of ether oxygens (including phenoxy) is 1. The Labute approximate surface area is 84.7 Å². The number of amides is 1. The third-order valence-electron chi connectivity index (χ3n) is 1.47. The van der Waals surface area contributed by atoms with Crippen LogP contribution in [-0.2, 0) is 4.74 Å².